The van der Waals surface area contributed by atoms with Crippen molar-refractivity contribution >= 4 is 27.7 Å². The molecule has 1 aliphatic rings. The van der Waals surface area contributed by atoms with Gasteiger partial charge in [-0.1, -0.05) is 15.9 Å². The van der Waals surface area contributed by atoms with E-state index < -0.39 is 0 Å². The summed E-state index contributed by atoms with van der Waals surface area (Å²) in [4.78, 5) is 15.2. The maximum absolute atomic E-state index is 11.2. The Kier molecular flexibility index (Phi) is 2.28. The van der Waals surface area contributed by atoms with Crippen LogP contribution in [0.5, 0.6) is 0 Å². The van der Waals surface area contributed by atoms with Crippen molar-refractivity contribution in [1.82, 2.24) is 4.98 Å². The van der Waals surface area contributed by atoms with Crippen LogP contribution in [0.15, 0.2) is 22.8 Å². The molecule has 1 aliphatic heterocycles. The number of epoxide rings is 1. The Balaban J connectivity index is 2.04. The molecule has 1 fully saturated rings. The molecular weight excluding hydrogens is 236 g/mol. The maximum atomic E-state index is 11.2. The van der Waals surface area contributed by atoms with Gasteiger partial charge in [-0.3, -0.25) is 4.79 Å². The van der Waals surface area contributed by atoms with E-state index >= 15 is 0 Å². The molecule has 4 nitrogen and oxygen atoms in total. The largest absolute Gasteiger partial charge is 0.363 e. The van der Waals surface area contributed by atoms with E-state index in [1.165, 1.54) is 0 Å². The summed E-state index contributed by atoms with van der Waals surface area (Å²) in [5.41, 5.74) is 0. The van der Waals surface area contributed by atoms with Crippen LogP contribution < -0.4 is 5.32 Å². The molecule has 68 valence electrons. The van der Waals surface area contributed by atoms with E-state index in [0.717, 1.165) is 4.47 Å². The van der Waals surface area contributed by atoms with Gasteiger partial charge in [-0.15, -0.1) is 0 Å². The molecule has 2 heterocycles. The van der Waals surface area contributed by atoms with Crippen LogP contribution in [0.2, 0.25) is 0 Å². The first-order valence-corrected chi connectivity index (χ1v) is 4.59. The molecule has 1 N–H and O–H groups in total. The summed E-state index contributed by atoms with van der Waals surface area (Å²) in [5.74, 6) is 0.403. The third-order valence-corrected chi connectivity index (χ3v) is 2.09. The molecule has 1 unspecified atom stereocenters. The summed E-state index contributed by atoms with van der Waals surface area (Å²) in [6, 6.07) is 3.53. The molecule has 0 radical (unpaired) electrons. The number of rotatable bonds is 2. The van der Waals surface area contributed by atoms with Gasteiger partial charge in [0.05, 0.1) is 6.61 Å². The van der Waals surface area contributed by atoms with Gasteiger partial charge in [-0.2, -0.15) is 0 Å². The van der Waals surface area contributed by atoms with Crippen LogP contribution in [0.4, 0.5) is 5.82 Å². The zero-order valence-electron chi connectivity index (χ0n) is 6.66. The number of aromatic nitrogens is 1. The Morgan fingerprint density at radius 1 is 1.77 bits per heavy atom. The number of carbonyl (C=O) groups excluding carboxylic acids is 1. The molecule has 5 heteroatoms. The average Bonchev–Trinajstić information content (AvgIpc) is 2.85. The summed E-state index contributed by atoms with van der Waals surface area (Å²) in [7, 11) is 0. The van der Waals surface area contributed by atoms with Crippen molar-refractivity contribution < 1.29 is 9.53 Å². The lowest BCUT2D eigenvalue weighted by molar-refractivity contribution is -0.117. The average molecular weight is 243 g/mol. The Bertz CT molecular complexity index is 339. The van der Waals surface area contributed by atoms with Crippen molar-refractivity contribution in [3.05, 3.63) is 22.8 Å². The molecule has 0 bridgehead atoms. The minimum atomic E-state index is -0.277. The van der Waals surface area contributed by atoms with E-state index in [-0.39, 0.29) is 12.0 Å². The van der Waals surface area contributed by atoms with Crippen LogP contribution in [-0.4, -0.2) is 23.6 Å². The number of anilines is 1. The first-order valence-electron chi connectivity index (χ1n) is 3.80. The molecule has 1 atom stereocenters. The summed E-state index contributed by atoms with van der Waals surface area (Å²) in [6.07, 6.45) is 1.34. The molecule has 0 aromatic carbocycles. The second kappa shape index (κ2) is 3.43. The molecule has 1 aromatic rings. The quantitative estimate of drug-likeness (QED) is 0.793. The number of halogens is 1. The van der Waals surface area contributed by atoms with Crippen molar-refractivity contribution in [2.24, 2.45) is 0 Å². The summed E-state index contributed by atoms with van der Waals surface area (Å²) in [6.45, 7) is 0.514. The van der Waals surface area contributed by atoms with E-state index in [0.29, 0.717) is 12.4 Å². The van der Waals surface area contributed by atoms with Crippen LogP contribution in [0.25, 0.3) is 0 Å². The first-order chi connectivity index (χ1) is 6.25. The van der Waals surface area contributed by atoms with Crippen molar-refractivity contribution in [3.8, 4) is 0 Å². The Morgan fingerprint density at radius 2 is 2.54 bits per heavy atom. The van der Waals surface area contributed by atoms with Crippen LogP contribution in [0.1, 0.15) is 0 Å². The monoisotopic (exact) mass is 242 g/mol. The van der Waals surface area contributed by atoms with Gasteiger partial charge in [-0.05, 0) is 12.1 Å². The molecule has 13 heavy (non-hydrogen) atoms. The minimum Gasteiger partial charge on any atom is -0.363 e. The van der Waals surface area contributed by atoms with Crippen LogP contribution in [0, 0.1) is 0 Å². The molecule has 1 aromatic heterocycles. The SMILES string of the molecule is O=C(Nc1cc(Br)ccn1)C1CO1. The molecule has 0 spiro atoms. The third kappa shape index (κ3) is 2.26. The van der Waals surface area contributed by atoms with Gasteiger partial charge in [-0.25, -0.2) is 4.98 Å². The predicted molar refractivity (Wildman–Crippen MR) is 50.3 cm³/mol. The highest BCUT2D eigenvalue weighted by Crippen LogP contribution is 2.15. The number of nitrogens with zero attached hydrogens (tertiary/aromatic N) is 1. The highest BCUT2D eigenvalue weighted by atomic mass is 79.9. The predicted octanol–water partition coefficient (Wildman–Crippen LogP) is 1.18. The van der Waals surface area contributed by atoms with E-state index in [9.17, 15) is 4.79 Å². The maximum Gasteiger partial charge on any atom is 0.257 e. The second-order valence-corrected chi connectivity index (χ2v) is 3.59. The fourth-order valence-corrected chi connectivity index (χ4v) is 1.21. The Hall–Kier alpha value is -0.940. The number of amides is 1. The molecule has 1 saturated heterocycles. The molecule has 2 rings (SSSR count). The number of hydrogen-bond acceptors (Lipinski definition) is 3. The van der Waals surface area contributed by atoms with E-state index in [4.69, 9.17) is 4.74 Å². The van der Waals surface area contributed by atoms with Gasteiger partial charge >= 0.3 is 0 Å². The number of pyridine rings is 1. The van der Waals surface area contributed by atoms with Gasteiger partial charge in [0.2, 0.25) is 0 Å². The van der Waals surface area contributed by atoms with Gasteiger partial charge in [0.15, 0.2) is 6.10 Å². The Labute approximate surface area is 83.4 Å². The fourth-order valence-electron chi connectivity index (χ4n) is 0.879. The van der Waals surface area contributed by atoms with Gasteiger partial charge in [0.25, 0.3) is 5.91 Å². The standard InChI is InChI=1S/C8H7BrN2O2/c9-5-1-2-10-7(3-5)11-8(12)6-4-13-6/h1-3,6H,4H2,(H,10,11,12). The number of ether oxygens (including phenoxy) is 1. The number of nitrogens with one attached hydrogen (secondary N) is 1. The lowest BCUT2D eigenvalue weighted by Crippen LogP contribution is -2.18. The zero-order valence-corrected chi connectivity index (χ0v) is 8.24. The minimum absolute atomic E-state index is 0.134. The van der Waals surface area contributed by atoms with Crippen LogP contribution in [0.3, 0.4) is 0 Å². The molecule has 0 aliphatic carbocycles. The normalized spacial score (nSPS) is 19.6. The van der Waals surface area contributed by atoms with Crippen LogP contribution in [-0.2, 0) is 9.53 Å². The topological polar surface area (TPSA) is 54.5 Å². The molecular formula is C8H7BrN2O2. The molecule has 1 amide bonds. The summed E-state index contributed by atoms with van der Waals surface area (Å²) in [5, 5.41) is 2.64. The van der Waals surface area contributed by atoms with Crippen molar-refractivity contribution in [2.45, 2.75) is 6.10 Å². The van der Waals surface area contributed by atoms with E-state index in [1.54, 1.807) is 18.3 Å². The van der Waals surface area contributed by atoms with Gasteiger partial charge in [0.1, 0.15) is 5.82 Å². The number of hydrogen-bond donors (Lipinski definition) is 1. The second-order valence-electron chi connectivity index (χ2n) is 2.67. The lowest BCUT2D eigenvalue weighted by atomic mass is 10.4. The highest BCUT2D eigenvalue weighted by molar-refractivity contribution is 9.10. The third-order valence-electron chi connectivity index (χ3n) is 1.60. The van der Waals surface area contributed by atoms with E-state index in [1.807, 2.05) is 0 Å². The zero-order chi connectivity index (χ0) is 9.26. The summed E-state index contributed by atoms with van der Waals surface area (Å²) >= 11 is 3.28. The van der Waals surface area contributed by atoms with Crippen molar-refractivity contribution in [1.29, 1.82) is 0 Å². The lowest BCUT2D eigenvalue weighted by Gasteiger charge is -2.01. The number of carbonyl (C=O) groups is 1. The molecule has 0 saturated carbocycles. The highest BCUT2D eigenvalue weighted by Gasteiger charge is 2.31. The smallest absolute Gasteiger partial charge is 0.257 e. The van der Waals surface area contributed by atoms with Crippen LogP contribution >= 0.6 is 15.9 Å². The van der Waals surface area contributed by atoms with Crippen molar-refractivity contribution in [2.75, 3.05) is 11.9 Å². The first kappa shape index (κ1) is 8.65. The fraction of sp³-hybridized carbons (Fsp3) is 0.250. The van der Waals surface area contributed by atoms with Gasteiger partial charge < -0.3 is 10.1 Å². The van der Waals surface area contributed by atoms with Gasteiger partial charge in [0, 0.05) is 10.7 Å². The Morgan fingerprint density at radius 3 is 3.15 bits per heavy atom. The van der Waals surface area contributed by atoms with Crippen molar-refractivity contribution in [3.63, 3.8) is 0 Å². The summed E-state index contributed by atoms with van der Waals surface area (Å²) < 4.78 is 5.71. The van der Waals surface area contributed by atoms with E-state index in [2.05, 4.69) is 26.2 Å².